The van der Waals surface area contributed by atoms with Crippen LogP contribution in [0.4, 0.5) is 10.5 Å². The van der Waals surface area contributed by atoms with Crippen molar-refractivity contribution in [2.45, 2.75) is 51.9 Å². The lowest BCUT2D eigenvalue weighted by molar-refractivity contribution is -0.121. The molecule has 0 bridgehead atoms. The van der Waals surface area contributed by atoms with Gasteiger partial charge in [0.2, 0.25) is 0 Å². The molecule has 8 nitrogen and oxygen atoms in total. The summed E-state index contributed by atoms with van der Waals surface area (Å²) in [7, 11) is 0. The van der Waals surface area contributed by atoms with E-state index >= 15 is 0 Å². The number of hydrogen-bond donors (Lipinski definition) is 1. The van der Waals surface area contributed by atoms with Crippen LogP contribution in [-0.4, -0.2) is 27.4 Å². The van der Waals surface area contributed by atoms with Crippen LogP contribution >= 0.6 is 0 Å². The maximum Gasteiger partial charge on any atom is 0.329 e. The fourth-order valence-corrected chi connectivity index (χ4v) is 3.43. The van der Waals surface area contributed by atoms with Gasteiger partial charge in [-0.3, -0.25) is 4.79 Å². The van der Waals surface area contributed by atoms with Crippen LogP contribution in [0.2, 0.25) is 0 Å². The molecule has 0 spiro atoms. The first-order valence-corrected chi connectivity index (χ1v) is 9.36. The van der Waals surface area contributed by atoms with Gasteiger partial charge >= 0.3 is 12.0 Å². The quantitative estimate of drug-likeness (QED) is 0.796. The molecule has 2 aliphatic heterocycles. The summed E-state index contributed by atoms with van der Waals surface area (Å²) in [5.41, 5.74) is 1.68. The van der Waals surface area contributed by atoms with Gasteiger partial charge in [-0.25, -0.2) is 19.7 Å². The first-order valence-electron chi connectivity index (χ1n) is 9.36. The number of rotatable bonds is 5. The van der Waals surface area contributed by atoms with Crippen molar-refractivity contribution in [1.82, 2.24) is 15.3 Å². The molecule has 3 heterocycles. The molecule has 3 amide bonds. The average molecular weight is 382 g/mol. The second-order valence-electron chi connectivity index (χ2n) is 7.15. The molecule has 1 N–H and O–H groups in total. The standard InChI is InChI=1S/C20H22N4O4/c1-4-16-15-8-14(7-6-12(15)11-27-16)28-18-21-9-13(10-22-18)24-17(25)20(3,5-2)23-19(24)26/h6-10,16H,4-5,11H2,1-3H3,(H,23,26)/t16-,20+/m0/s1. The molecular formula is C20H22N4O4. The van der Waals surface area contributed by atoms with Gasteiger partial charge in [0.15, 0.2) is 0 Å². The summed E-state index contributed by atoms with van der Waals surface area (Å²) in [5.74, 6) is 0.297. The number of amides is 3. The van der Waals surface area contributed by atoms with Gasteiger partial charge in [0.1, 0.15) is 11.3 Å². The summed E-state index contributed by atoms with van der Waals surface area (Å²) in [6.45, 7) is 6.24. The molecule has 1 saturated heterocycles. The number of imide groups is 1. The van der Waals surface area contributed by atoms with Crippen LogP contribution in [-0.2, 0) is 16.1 Å². The zero-order valence-electron chi connectivity index (χ0n) is 16.1. The summed E-state index contributed by atoms with van der Waals surface area (Å²) in [4.78, 5) is 34.1. The van der Waals surface area contributed by atoms with E-state index in [-0.39, 0.29) is 18.0 Å². The van der Waals surface area contributed by atoms with Crippen LogP contribution in [0.25, 0.3) is 0 Å². The Labute approximate surface area is 162 Å². The maximum atomic E-state index is 12.6. The molecule has 2 aromatic rings. The molecule has 0 aliphatic carbocycles. The summed E-state index contributed by atoms with van der Waals surface area (Å²) in [5, 5.41) is 2.70. The van der Waals surface area contributed by atoms with Gasteiger partial charge in [0.25, 0.3) is 5.91 Å². The van der Waals surface area contributed by atoms with Gasteiger partial charge in [-0.2, -0.15) is 0 Å². The Morgan fingerprint density at radius 1 is 1.29 bits per heavy atom. The first kappa shape index (κ1) is 18.4. The van der Waals surface area contributed by atoms with Gasteiger partial charge in [-0.1, -0.05) is 19.9 Å². The van der Waals surface area contributed by atoms with Gasteiger partial charge in [0, 0.05) is 0 Å². The Hall–Kier alpha value is -3.00. The van der Waals surface area contributed by atoms with Crippen LogP contribution in [0.15, 0.2) is 30.6 Å². The van der Waals surface area contributed by atoms with Crippen LogP contribution in [0, 0.1) is 0 Å². The highest BCUT2D eigenvalue weighted by Crippen LogP contribution is 2.36. The summed E-state index contributed by atoms with van der Waals surface area (Å²) in [6.07, 6.45) is 4.29. The summed E-state index contributed by atoms with van der Waals surface area (Å²) >= 11 is 0. The van der Waals surface area contributed by atoms with Crippen molar-refractivity contribution in [3.8, 4) is 11.8 Å². The fourth-order valence-electron chi connectivity index (χ4n) is 3.43. The lowest BCUT2D eigenvalue weighted by Gasteiger charge is -2.19. The van der Waals surface area contributed by atoms with E-state index in [0.29, 0.717) is 24.5 Å². The highest BCUT2D eigenvalue weighted by atomic mass is 16.5. The number of carbonyl (C=O) groups is 2. The first-order chi connectivity index (χ1) is 13.4. The largest absolute Gasteiger partial charge is 0.424 e. The minimum atomic E-state index is -0.908. The number of aromatic nitrogens is 2. The normalized spacial score (nSPS) is 23.7. The smallest absolute Gasteiger partial charge is 0.329 e. The van der Waals surface area contributed by atoms with E-state index in [4.69, 9.17) is 9.47 Å². The van der Waals surface area contributed by atoms with Crippen molar-refractivity contribution >= 4 is 17.6 Å². The number of carbonyl (C=O) groups excluding carboxylic acids is 2. The second-order valence-corrected chi connectivity index (χ2v) is 7.15. The van der Waals surface area contributed by atoms with Gasteiger partial charge in [0.05, 0.1) is 30.8 Å². The third-order valence-electron chi connectivity index (χ3n) is 5.33. The molecular weight excluding hydrogens is 360 g/mol. The molecule has 1 fully saturated rings. The highest BCUT2D eigenvalue weighted by Gasteiger charge is 2.47. The molecule has 28 heavy (non-hydrogen) atoms. The Kier molecular flexibility index (Phi) is 4.50. The molecule has 146 valence electrons. The van der Waals surface area contributed by atoms with Crippen molar-refractivity contribution in [2.75, 3.05) is 4.90 Å². The predicted octanol–water partition coefficient (Wildman–Crippen LogP) is 3.48. The molecule has 0 radical (unpaired) electrons. The maximum absolute atomic E-state index is 12.6. The molecule has 1 aromatic heterocycles. The lowest BCUT2D eigenvalue weighted by atomic mass is 9.99. The van der Waals surface area contributed by atoms with E-state index in [1.165, 1.54) is 12.4 Å². The number of benzene rings is 1. The average Bonchev–Trinajstić information content (AvgIpc) is 3.21. The van der Waals surface area contributed by atoms with E-state index in [0.717, 1.165) is 22.4 Å². The SMILES string of the molecule is CC[C@@H]1OCc2ccc(Oc3ncc(N4C(=O)N[C@](C)(CC)C4=O)cn3)cc21. The van der Waals surface area contributed by atoms with Crippen molar-refractivity contribution in [3.05, 3.63) is 41.7 Å². The molecule has 8 heteroatoms. The van der Waals surface area contributed by atoms with Crippen molar-refractivity contribution in [2.24, 2.45) is 0 Å². The lowest BCUT2D eigenvalue weighted by Crippen LogP contribution is -2.43. The number of ether oxygens (including phenoxy) is 2. The Morgan fingerprint density at radius 3 is 2.68 bits per heavy atom. The molecule has 4 rings (SSSR count). The van der Waals surface area contributed by atoms with Crippen molar-refractivity contribution in [3.63, 3.8) is 0 Å². The van der Waals surface area contributed by atoms with E-state index in [9.17, 15) is 9.59 Å². The molecule has 1 aromatic carbocycles. The van der Waals surface area contributed by atoms with Gasteiger partial charge in [-0.15, -0.1) is 0 Å². The van der Waals surface area contributed by atoms with Crippen LogP contribution in [0.1, 0.15) is 50.8 Å². The van der Waals surface area contributed by atoms with Crippen LogP contribution in [0.5, 0.6) is 11.8 Å². The number of hydrogen-bond acceptors (Lipinski definition) is 6. The monoisotopic (exact) mass is 382 g/mol. The number of urea groups is 1. The van der Waals surface area contributed by atoms with E-state index in [1.807, 2.05) is 25.1 Å². The molecule has 2 atom stereocenters. The third-order valence-corrected chi connectivity index (χ3v) is 5.33. The van der Waals surface area contributed by atoms with Gasteiger partial charge in [-0.05, 0) is 43.0 Å². The van der Waals surface area contributed by atoms with Gasteiger partial charge < -0.3 is 14.8 Å². The number of anilines is 1. The molecule has 0 saturated carbocycles. The highest BCUT2D eigenvalue weighted by molar-refractivity contribution is 6.23. The summed E-state index contributed by atoms with van der Waals surface area (Å²) in [6, 6.07) is 5.43. The number of nitrogens with one attached hydrogen (secondary N) is 1. The molecule has 0 unspecified atom stereocenters. The second kappa shape index (κ2) is 6.87. The third kappa shape index (κ3) is 2.99. The predicted molar refractivity (Wildman–Crippen MR) is 101 cm³/mol. The van der Waals surface area contributed by atoms with E-state index in [1.54, 1.807) is 6.92 Å². The minimum Gasteiger partial charge on any atom is -0.424 e. The summed E-state index contributed by atoms with van der Waals surface area (Å²) < 4.78 is 11.5. The number of nitrogens with zero attached hydrogens (tertiary/aromatic N) is 3. The van der Waals surface area contributed by atoms with Crippen LogP contribution < -0.4 is 15.0 Å². The van der Waals surface area contributed by atoms with Crippen LogP contribution in [0.3, 0.4) is 0 Å². The Morgan fingerprint density at radius 2 is 2.04 bits per heavy atom. The zero-order chi connectivity index (χ0) is 19.9. The Bertz CT molecular complexity index is 930. The van der Waals surface area contributed by atoms with Crippen molar-refractivity contribution < 1.29 is 19.1 Å². The minimum absolute atomic E-state index is 0.0782. The van der Waals surface area contributed by atoms with Crippen molar-refractivity contribution in [1.29, 1.82) is 0 Å². The Balaban J connectivity index is 1.52. The zero-order valence-corrected chi connectivity index (χ0v) is 16.1. The van der Waals surface area contributed by atoms with E-state index < -0.39 is 11.6 Å². The molecule has 2 aliphatic rings. The number of fused-ring (bicyclic) bond motifs is 1. The fraction of sp³-hybridized carbons (Fsp3) is 0.400. The topological polar surface area (TPSA) is 93.7 Å². The van der Waals surface area contributed by atoms with E-state index in [2.05, 4.69) is 22.2 Å².